The molecule has 0 spiro atoms. The van der Waals surface area contributed by atoms with Crippen LogP contribution in [0.1, 0.15) is 0 Å². The maximum atomic E-state index is 2.26. The normalized spacial score (nSPS) is 10.7. The Labute approximate surface area is 129 Å². The van der Waals surface area contributed by atoms with Crippen LogP contribution < -0.4 is 20.3 Å². The van der Waals surface area contributed by atoms with Crippen LogP contribution in [-0.2, 0) is 0 Å². The van der Waals surface area contributed by atoms with Gasteiger partial charge in [0.2, 0.25) is 0 Å². The van der Waals surface area contributed by atoms with Gasteiger partial charge in [-0.15, -0.1) is 0 Å². The second-order valence-electron chi connectivity index (χ2n) is 4.52. The first-order chi connectivity index (χ1) is 9.86. The number of benzene rings is 3. The van der Waals surface area contributed by atoms with Crippen LogP contribution in [0.15, 0.2) is 84.9 Å². The zero-order chi connectivity index (χ0) is 13.8. The van der Waals surface area contributed by atoms with Gasteiger partial charge in [-0.2, -0.15) is 0 Å². The van der Waals surface area contributed by atoms with Crippen molar-refractivity contribution in [2.24, 2.45) is 0 Å². The van der Waals surface area contributed by atoms with Gasteiger partial charge in [-0.3, -0.25) is 0 Å². The second-order valence-corrected chi connectivity index (χ2v) is 7.84. The second kappa shape index (κ2) is 6.39. The minimum absolute atomic E-state index is 0.467. The summed E-state index contributed by atoms with van der Waals surface area (Å²) in [7, 11) is -0.467. The molecule has 0 heterocycles. The summed E-state index contributed by atoms with van der Waals surface area (Å²) in [5.74, 6) is 0. The van der Waals surface area contributed by atoms with Crippen molar-refractivity contribution in [3.05, 3.63) is 84.9 Å². The summed E-state index contributed by atoms with van der Waals surface area (Å²) in [4.78, 5) is 0. The molecule has 0 saturated heterocycles. The predicted molar refractivity (Wildman–Crippen MR) is 90.5 cm³/mol. The molecule has 3 rings (SSSR count). The van der Waals surface area contributed by atoms with E-state index in [1.54, 1.807) is 0 Å². The molecule has 0 aliphatic carbocycles. The Morgan fingerprint density at radius 3 is 1.50 bits per heavy atom. The fourth-order valence-corrected chi connectivity index (χ4v) is 5.68. The molecule has 3 aromatic carbocycles. The van der Waals surface area contributed by atoms with Crippen LogP contribution >= 0.6 is 7.92 Å². The van der Waals surface area contributed by atoms with Crippen molar-refractivity contribution in [1.29, 1.82) is 0 Å². The Kier molecular flexibility index (Phi) is 4.35. The molecule has 0 bridgehead atoms. The SMILES string of the molecule is [Ge][c]1ccccc1P(c1ccccc1)c1ccccc1. The van der Waals surface area contributed by atoms with Crippen LogP contribution in [-0.4, -0.2) is 16.5 Å². The molecule has 0 fully saturated rings. The van der Waals surface area contributed by atoms with E-state index in [9.17, 15) is 0 Å². The van der Waals surface area contributed by atoms with Gasteiger partial charge in [0.1, 0.15) is 0 Å². The Hall–Kier alpha value is -1.37. The first-order valence-electron chi connectivity index (χ1n) is 6.57. The molecule has 0 atom stereocenters. The van der Waals surface area contributed by atoms with Crippen molar-refractivity contribution in [2.45, 2.75) is 0 Å². The molecule has 3 radical (unpaired) electrons. The molecule has 0 N–H and O–H groups in total. The zero-order valence-corrected chi connectivity index (χ0v) is 14.0. The van der Waals surface area contributed by atoms with Crippen molar-refractivity contribution >= 4 is 44.7 Å². The van der Waals surface area contributed by atoms with Gasteiger partial charge in [0.15, 0.2) is 0 Å². The number of rotatable bonds is 3. The predicted octanol–water partition coefficient (Wildman–Crippen LogP) is 2.24. The molecule has 0 saturated carbocycles. The standard InChI is InChI=1S/C18H14GeP/c19-17-13-7-8-14-18(17)20(15-9-3-1-4-10-15)16-11-5-2-6-12-16/h1-14H. The zero-order valence-electron chi connectivity index (χ0n) is 11.0. The quantitative estimate of drug-likeness (QED) is 0.509. The molecule has 0 nitrogen and oxygen atoms in total. The van der Waals surface area contributed by atoms with E-state index in [0.29, 0.717) is 0 Å². The molecule has 2 heteroatoms. The summed E-state index contributed by atoms with van der Waals surface area (Å²) in [6.45, 7) is 0. The summed E-state index contributed by atoms with van der Waals surface area (Å²) < 4.78 is 1.37. The minimum atomic E-state index is -0.467. The van der Waals surface area contributed by atoms with Gasteiger partial charge in [0, 0.05) is 0 Å². The average molecular weight is 334 g/mol. The van der Waals surface area contributed by atoms with Crippen LogP contribution in [0, 0.1) is 0 Å². The third kappa shape index (κ3) is 2.87. The summed E-state index contributed by atoms with van der Waals surface area (Å²) in [5.41, 5.74) is 0. The first-order valence-corrected chi connectivity index (χ1v) is 8.96. The monoisotopic (exact) mass is 335 g/mol. The molecular weight excluding hydrogens is 320 g/mol. The van der Waals surface area contributed by atoms with Crippen LogP contribution in [0.2, 0.25) is 0 Å². The molecule has 0 unspecified atom stereocenters. The molecule has 0 aliphatic rings. The van der Waals surface area contributed by atoms with E-state index in [1.807, 2.05) is 0 Å². The molecule has 3 aromatic rings. The third-order valence-electron chi connectivity index (χ3n) is 3.17. The fraction of sp³-hybridized carbons (Fsp3) is 0. The van der Waals surface area contributed by atoms with Gasteiger partial charge in [-0.1, -0.05) is 0 Å². The molecule has 20 heavy (non-hydrogen) atoms. The van der Waals surface area contributed by atoms with Crippen molar-refractivity contribution in [3.63, 3.8) is 0 Å². The number of hydrogen-bond acceptors (Lipinski definition) is 0. The third-order valence-corrected chi connectivity index (χ3v) is 7.03. The van der Waals surface area contributed by atoms with Crippen LogP contribution in [0.25, 0.3) is 0 Å². The van der Waals surface area contributed by atoms with Crippen molar-refractivity contribution < 1.29 is 0 Å². The summed E-state index contributed by atoms with van der Waals surface area (Å²) in [6.07, 6.45) is 0. The summed E-state index contributed by atoms with van der Waals surface area (Å²) in [6, 6.07) is 30.4. The van der Waals surface area contributed by atoms with Crippen LogP contribution in [0.3, 0.4) is 0 Å². The van der Waals surface area contributed by atoms with Crippen LogP contribution in [0.5, 0.6) is 0 Å². The van der Waals surface area contributed by atoms with E-state index in [0.717, 1.165) is 0 Å². The first kappa shape index (κ1) is 13.6. The topological polar surface area (TPSA) is 0 Å². The van der Waals surface area contributed by atoms with E-state index in [4.69, 9.17) is 0 Å². The molecule has 95 valence electrons. The molecule has 0 amide bonds. The van der Waals surface area contributed by atoms with Gasteiger partial charge >= 0.3 is 130 Å². The van der Waals surface area contributed by atoms with Crippen molar-refractivity contribution in [3.8, 4) is 0 Å². The average Bonchev–Trinajstić information content (AvgIpc) is 2.52. The van der Waals surface area contributed by atoms with Gasteiger partial charge in [0.05, 0.1) is 0 Å². The summed E-state index contributed by atoms with van der Waals surface area (Å²) >= 11 is 2.20. The Morgan fingerprint density at radius 2 is 1.00 bits per heavy atom. The van der Waals surface area contributed by atoms with Crippen LogP contribution in [0.4, 0.5) is 0 Å². The Balaban J connectivity index is 2.17. The van der Waals surface area contributed by atoms with Crippen molar-refractivity contribution in [2.75, 3.05) is 0 Å². The van der Waals surface area contributed by atoms with E-state index in [-0.39, 0.29) is 0 Å². The van der Waals surface area contributed by atoms with E-state index < -0.39 is 7.92 Å². The van der Waals surface area contributed by atoms with Gasteiger partial charge in [0.25, 0.3) is 0 Å². The van der Waals surface area contributed by atoms with E-state index in [2.05, 4.69) is 101 Å². The van der Waals surface area contributed by atoms with E-state index in [1.165, 1.54) is 20.3 Å². The molecule has 0 aromatic heterocycles. The number of hydrogen-bond donors (Lipinski definition) is 0. The Morgan fingerprint density at radius 1 is 0.550 bits per heavy atom. The fourth-order valence-electron chi connectivity index (χ4n) is 2.25. The van der Waals surface area contributed by atoms with E-state index >= 15 is 0 Å². The van der Waals surface area contributed by atoms with Gasteiger partial charge in [-0.25, -0.2) is 0 Å². The van der Waals surface area contributed by atoms with Gasteiger partial charge < -0.3 is 0 Å². The maximum absolute atomic E-state index is 2.26. The Bertz CT molecular complexity index is 641. The summed E-state index contributed by atoms with van der Waals surface area (Å²) in [5, 5.41) is 4.26. The van der Waals surface area contributed by atoms with Gasteiger partial charge in [-0.05, 0) is 0 Å². The van der Waals surface area contributed by atoms with Crippen molar-refractivity contribution in [1.82, 2.24) is 0 Å². The molecule has 0 aliphatic heterocycles. The molecular formula is C18H14GeP.